The number of fused-ring (bicyclic) bond motifs is 1. The number of pyridine rings is 1. The van der Waals surface area contributed by atoms with Gasteiger partial charge in [0.25, 0.3) is 5.56 Å². The molecule has 0 atom stereocenters. The molecule has 9 heteroatoms. The van der Waals surface area contributed by atoms with Gasteiger partial charge >= 0.3 is 0 Å². The lowest BCUT2D eigenvalue weighted by Gasteiger charge is -2.28. The van der Waals surface area contributed by atoms with E-state index >= 15 is 0 Å². The second-order valence-corrected chi connectivity index (χ2v) is 6.78. The second-order valence-electron chi connectivity index (χ2n) is 6.78. The predicted molar refractivity (Wildman–Crippen MR) is 108 cm³/mol. The SMILES string of the molecule is O=C(CCn1nnc2ccccc2c1=O)NCc1ccnc(N2CCOCC2)c1. The van der Waals surface area contributed by atoms with Crippen LogP contribution < -0.4 is 15.8 Å². The van der Waals surface area contributed by atoms with Gasteiger partial charge in [-0.05, 0) is 29.8 Å². The van der Waals surface area contributed by atoms with Gasteiger partial charge in [-0.3, -0.25) is 9.59 Å². The van der Waals surface area contributed by atoms with Crippen LogP contribution in [-0.4, -0.2) is 52.2 Å². The first-order valence-corrected chi connectivity index (χ1v) is 9.57. The molecule has 0 saturated carbocycles. The minimum Gasteiger partial charge on any atom is -0.378 e. The van der Waals surface area contributed by atoms with Crippen molar-refractivity contribution in [2.45, 2.75) is 19.5 Å². The Bertz CT molecular complexity index is 1060. The van der Waals surface area contributed by atoms with Gasteiger partial charge in [0.2, 0.25) is 5.91 Å². The fourth-order valence-corrected chi connectivity index (χ4v) is 3.20. The van der Waals surface area contributed by atoms with E-state index in [2.05, 4.69) is 25.5 Å². The highest BCUT2D eigenvalue weighted by Crippen LogP contribution is 2.14. The van der Waals surface area contributed by atoms with Gasteiger partial charge in [-0.2, -0.15) is 0 Å². The maximum atomic E-state index is 12.4. The molecule has 29 heavy (non-hydrogen) atoms. The average Bonchev–Trinajstić information content (AvgIpc) is 2.78. The monoisotopic (exact) mass is 394 g/mol. The van der Waals surface area contributed by atoms with Crippen LogP contribution in [0.5, 0.6) is 0 Å². The number of anilines is 1. The van der Waals surface area contributed by atoms with Crippen molar-refractivity contribution in [3.05, 3.63) is 58.5 Å². The fourth-order valence-electron chi connectivity index (χ4n) is 3.20. The van der Waals surface area contributed by atoms with E-state index in [1.54, 1.807) is 30.5 Å². The van der Waals surface area contributed by atoms with Crippen LogP contribution in [0.1, 0.15) is 12.0 Å². The first kappa shape index (κ1) is 19.0. The van der Waals surface area contributed by atoms with E-state index in [1.807, 2.05) is 12.1 Å². The Morgan fingerprint density at radius 2 is 2.00 bits per heavy atom. The van der Waals surface area contributed by atoms with Crippen LogP contribution in [0.3, 0.4) is 0 Å². The predicted octanol–water partition coefficient (Wildman–Crippen LogP) is 0.730. The third-order valence-electron chi connectivity index (χ3n) is 4.81. The van der Waals surface area contributed by atoms with Crippen molar-refractivity contribution in [2.75, 3.05) is 31.2 Å². The number of nitrogens with zero attached hydrogens (tertiary/aromatic N) is 5. The first-order valence-electron chi connectivity index (χ1n) is 9.57. The smallest absolute Gasteiger partial charge is 0.277 e. The topological polar surface area (TPSA) is 102 Å². The van der Waals surface area contributed by atoms with Crippen LogP contribution in [0.2, 0.25) is 0 Å². The van der Waals surface area contributed by atoms with Gasteiger partial charge in [-0.15, -0.1) is 5.10 Å². The van der Waals surface area contributed by atoms with Crippen LogP contribution in [0, 0.1) is 0 Å². The molecular weight excluding hydrogens is 372 g/mol. The highest BCUT2D eigenvalue weighted by molar-refractivity contribution is 5.77. The zero-order valence-corrected chi connectivity index (χ0v) is 16.0. The minimum absolute atomic E-state index is 0.147. The molecule has 0 unspecified atom stereocenters. The summed E-state index contributed by atoms with van der Waals surface area (Å²) in [5.41, 5.74) is 1.28. The summed E-state index contributed by atoms with van der Waals surface area (Å²) >= 11 is 0. The molecule has 3 heterocycles. The van der Waals surface area contributed by atoms with E-state index in [0.717, 1.165) is 24.5 Å². The number of aromatic nitrogens is 4. The normalized spacial score (nSPS) is 14.1. The molecule has 2 aromatic heterocycles. The highest BCUT2D eigenvalue weighted by atomic mass is 16.5. The van der Waals surface area contributed by atoms with Crippen molar-refractivity contribution in [1.82, 2.24) is 25.3 Å². The summed E-state index contributed by atoms with van der Waals surface area (Å²) in [6.07, 6.45) is 1.89. The van der Waals surface area contributed by atoms with Crippen LogP contribution in [-0.2, 0) is 22.6 Å². The Morgan fingerprint density at radius 1 is 1.17 bits per heavy atom. The molecule has 0 radical (unpaired) electrons. The quantitative estimate of drug-likeness (QED) is 0.657. The van der Waals surface area contributed by atoms with Gasteiger partial charge < -0.3 is 15.0 Å². The number of nitrogens with one attached hydrogen (secondary N) is 1. The van der Waals surface area contributed by atoms with E-state index in [1.165, 1.54) is 4.68 Å². The molecule has 0 aliphatic carbocycles. The number of ether oxygens (including phenoxy) is 1. The maximum absolute atomic E-state index is 12.4. The molecule has 3 aromatic rings. The van der Waals surface area contributed by atoms with Crippen LogP contribution in [0.15, 0.2) is 47.4 Å². The number of hydrogen-bond acceptors (Lipinski definition) is 7. The molecule has 1 amide bonds. The van der Waals surface area contributed by atoms with Crippen LogP contribution >= 0.6 is 0 Å². The Balaban J connectivity index is 1.33. The molecule has 1 aliphatic heterocycles. The Hall–Kier alpha value is -3.33. The van der Waals surface area contributed by atoms with Gasteiger partial charge in [-0.25, -0.2) is 9.67 Å². The molecule has 1 aromatic carbocycles. The Labute approximate surface area is 167 Å². The molecule has 1 N–H and O–H groups in total. The Morgan fingerprint density at radius 3 is 2.86 bits per heavy atom. The molecule has 0 bridgehead atoms. The van der Waals surface area contributed by atoms with Crippen molar-refractivity contribution in [3.63, 3.8) is 0 Å². The minimum atomic E-state index is -0.243. The molecule has 4 rings (SSSR count). The van der Waals surface area contributed by atoms with Gasteiger partial charge in [0.15, 0.2) is 0 Å². The maximum Gasteiger partial charge on any atom is 0.277 e. The van der Waals surface area contributed by atoms with Gasteiger partial charge in [0.05, 0.1) is 25.1 Å². The lowest BCUT2D eigenvalue weighted by atomic mass is 10.2. The molecule has 150 valence electrons. The van der Waals surface area contributed by atoms with Gasteiger partial charge in [0, 0.05) is 32.3 Å². The van der Waals surface area contributed by atoms with Crippen molar-refractivity contribution in [2.24, 2.45) is 0 Å². The van der Waals surface area contributed by atoms with Crippen molar-refractivity contribution < 1.29 is 9.53 Å². The highest BCUT2D eigenvalue weighted by Gasteiger charge is 2.13. The number of benzene rings is 1. The lowest BCUT2D eigenvalue weighted by Crippen LogP contribution is -2.36. The van der Waals surface area contributed by atoms with E-state index in [4.69, 9.17) is 4.74 Å². The summed E-state index contributed by atoms with van der Waals surface area (Å²) in [6, 6.07) is 10.9. The summed E-state index contributed by atoms with van der Waals surface area (Å²) in [5.74, 6) is 0.731. The zero-order valence-electron chi connectivity index (χ0n) is 16.0. The summed E-state index contributed by atoms with van der Waals surface area (Å²) in [4.78, 5) is 31.2. The Kier molecular flexibility index (Phi) is 5.76. The molecule has 1 saturated heterocycles. The van der Waals surface area contributed by atoms with E-state index in [-0.39, 0.29) is 24.4 Å². The molecule has 1 aliphatic rings. The van der Waals surface area contributed by atoms with Crippen LogP contribution in [0.4, 0.5) is 5.82 Å². The molecule has 1 fully saturated rings. The zero-order chi connectivity index (χ0) is 20.1. The van der Waals surface area contributed by atoms with Crippen LogP contribution in [0.25, 0.3) is 10.9 Å². The summed E-state index contributed by atoms with van der Waals surface area (Å²) < 4.78 is 6.59. The van der Waals surface area contributed by atoms with E-state index in [9.17, 15) is 9.59 Å². The third-order valence-corrected chi connectivity index (χ3v) is 4.81. The van der Waals surface area contributed by atoms with Crippen molar-refractivity contribution in [3.8, 4) is 0 Å². The van der Waals surface area contributed by atoms with Crippen molar-refractivity contribution in [1.29, 1.82) is 0 Å². The number of hydrogen-bond donors (Lipinski definition) is 1. The number of aryl methyl sites for hydroxylation is 1. The number of carbonyl (C=O) groups is 1. The van der Waals surface area contributed by atoms with E-state index < -0.39 is 0 Å². The summed E-state index contributed by atoms with van der Waals surface area (Å²) in [6.45, 7) is 3.59. The molecule has 0 spiro atoms. The summed E-state index contributed by atoms with van der Waals surface area (Å²) in [7, 11) is 0. The average molecular weight is 394 g/mol. The van der Waals surface area contributed by atoms with Gasteiger partial charge in [0.1, 0.15) is 11.3 Å². The second kappa shape index (κ2) is 8.78. The lowest BCUT2D eigenvalue weighted by molar-refractivity contribution is -0.121. The largest absolute Gasteiger partial charge is 0.378 e. The van der Waals surface area contributed by atoms with Gasteiger partial charge in [-0.1, -0.05) is 17.3 Å². The number of carbonyl (C=O) groups excluding carboxylic acids is 1. The number of morpholine rings is 1. The van der Waals surface area contributed by atoms with Crippen molar-refractivity contribution >= 4 is 22.6 Å². The molecular formula is C20H22N6O3. The first-order chi connectivity index (χ1) is 14.2. The third kappa shape index (κ3) is 4.57. The number of amides is 1. The fraction of sp³-hybridized carbons (Fsp3) is 0.350. The standard InChI is InChI=1S/C20H22N6O3/c27-19(6-8-26-20(28)16-3-1-2-4-17(16)23-24-26)22-14-15-5-7-21-18(13-15)25-9-11-29-12-10-25/h1-5,7,13H,6,8-12,14H2,(H,22,27). The van der Waals surface area contributed by atoms with E-state index in [0.29, 0.717) is 30.7 Å². The number of rotatable bonds is 6. The molecule has 9 nitrogen and oxygen atoms in total. The summed E-state index contributed by atoms with van der Waals surface area (Å²) in [5, 5.41) is 11.3.